The fraction of sp³-hybridized carbons (Fsp3) is 0.200. The highest BCUT2D eigenvalue weighted by atomic mass is 19.2. The van der Waals surface area contributed by atoms with E-state index < -0.39 is 23.5 Å². The van der Waals surface area contributed by atoms with Crippen LogP contribution >= 0.6 is 0 Å². The molecule has 0 spiro atoms. The Morgan fingerprint density at radius 3 is 2.24 bits per heavy atom. The summed E-state index contributed by atoms with van der Waals surface area (Å²) in [5.41, 5.74) is 6.21. The van der Waals surface area contributed by atoms with Gasteiger partial charge in [0.05, 0.1) is 20.3 Å². The van der Waals surface area contributed by atoms with E-state index in [-0.39, 0.29) is 5.56 Å². The van der Waals surface area contributed by atoms with Crippen molar-refractivity contribution >= 4 is 0 Å². The van der Waals surface area contributed by atoms with Gasteiger partial charge < -0.3 is 15.2 Å². The highest BCUT2D eigenvalue weighted by Crippen LogP contribution is 2.37. The lowest BCUT2D eigenvalue weighted by Gasteiger charge is -2.18. The van der Waals surface area contributed by atoms with Gasteiger partial charge in [0.15, 0.2) is 29.0 Å². The maximum absolute atomic E-state index is 13.8. The third-order valence-corrected chi connectivity index (χ3v) is 3.17. The Morgan fingerprint density at radius 2 is 1.62 bits per heavy atom. The Morgan fingerprint density at radius 1 is 0.905 bits per heavy atom. The van der Waals surface area contributed by atoms with Gasteiger partial charge in [-0.1, -0.05) is 18.2 Å². The summed E-state index contributed by atoms with van der Waals surface area (Å²) in [6.45, 7) is 0. The third-order valence-electron chi connectivity index (χ3n) is 3.17. The molecule has 0 amide bonds. The van der Waals surface area contributed by atoms with Crippen LogP contribution in [0.25, 0.3) is 0 Å². The molecule has 112 valence electrons. The molecule has 2 aromatic rings. The van der Waals surface area contributed by atoms with Crippen LogP contribution in [0, 0.1) is 17.5 Å². The number of hydrogen-bond donors (Lipinski definition) is 1. The maximum Gasteiger partial charge on any atom is 0.194 e. The van der Waals surface area contributed by atoms with Crippen molar-refractivity contribution in [2.24, 2.45) is 5.73 Å². The molecule has 2 N–H and O–H groups in total. The number of benzene rings is 2. The average molecular weight is 297 g/mol. The SMILES string of the molecule is COc1cccc(C(N)c2ccc(F)c(F)c2F)c1OC. The summed E-state index contributed by atoms with van der Waals surface area (Å²) in [5, 5.41) is 0. The molecule has 0 aliphatic heterocycles. The predicted octanol–water partition coefficient (Wildman–Crippen LogP) is 3.17. The fourth-order valence-electron chi connectivity index (χ4n) is 2.11. The van der Waals surface area contributed by atoms with E-state index in [1.807, 2.05) is 0 Å². The minimum absolute atomic E-state index is 0.166. The molecule has 0 fully saturated rings. The summed E-state index contributed by atoms with van der Waals surface area (Å²) in [5.74, 6) is -3.40. The molecule has 2 rings (SSSR count). The van der Waals surface area contributed by atoms with Crippen LogP contribution in [0.3, 0.4) is 0 Å². The zero-order valence-electron chi connectivity index (χ0n) is 11.5. The van der Waals surface area contributed by atoms with Crippen LogP contribution in [-0.4, -0.2) is 14.2 Å². The van der Waals surface area contributed by atoms with Crippen molar-refractivity contribution < 1.29 is 22.6 Å². The Labute approximate surface area is 120 Å². The number of methoxy groups -OCH3 is 2. The van der Waals surface area contributed by atoms with E-state index in [4.69, 9.17) is 15.2 Å². The predicted molar refractivity (Wildman–Crippen MR) is 71.9 cm³/mol. The quantitative estimate of drug-likeness (QED) is 0.882. The first-order valence-electron chi connectivity index (χ1n) is 6.11. The summed E-state index contributed by atoms with van der Waals surface area (Å²) >= 11 is 0. The summed E-state index contributed by atoms with van der Waals surface area (Å²) in [4.78, 5) is 0. The standard InChI is InChI=1S/C15H14F3NO2/c1-20-11-5-3-4-9(15(11)21-2)14(19)8-6-7-10(16)13(18)12(8)17/h3-7,14H,19H2,1-2H3. The molecule has 0 heterocycles. The third kappa shape index (κ3) is 2.67. The smallest absolute Gasteiger partial charge is 0.194 e. The Balaban J connectivity index is 2.55. The average Bonchev–Trinajstić information content (AvgIpc) is 2.51. The summed E-state index contributed by atoms with van der Waals surface area (Å²) in [6, 6.07) is 5.82. The van der Waals surface area contributed by atoms with E-state index in [1.54, 1.807) is 18.2 Å². The molecule has 0 aliphatic carbocycles. The molecule has 1 unspecified atom stereocenters. The molecular weight excluding hydrogens is 283 g/mol. The largest absolute Gasteiger partial charge is 0.493 e. The molecule has 0 aromatic heterocycles. The first-order valence-corrected chi connectivity index (χ1v) is 6.11. The highest BCUT2D eigenvalue weighted by molar-refractivity contribution is 5.50. The van der Waals surface area contributed by atoms with Crippen molar-refractivity contribution in [1.29, 1.82) is 0 Å². The van der Waals surface area contributed by atoms with Crippen LogP contribution < -0.4 is 15.2 Å². The molecule has 6 heteroatoms. The molecular formula is C15H14F3NO2. The lowest BCUT2D eigenvalue weighted by atomic mass is 9.97. The number of hydrogen-bond acceptors (Lipinski definition) is 3. The van der Waals surface area contributed by atoms with Crippen LogP contribution in [0.15, 0.2) is 30.3 Å². The number of halogens is 3. The van der Waals surface area contributed by atoms with Crippen molar-refractivity contribution in [3.05, 3.63) is 58.9 Å². The Bertz CT molecular complexity index is 662. The molecule has 0 saturated heterocycles. The molecule has 21 heavy (non-hydrogen) atoms. The molecule has 2 aromatic carbocycles. The van der Waals surface area contributed by atoms with Gasteiger partial charge in [-0.15, -0.1) is 0 Å². The number of rotatable bonds is 4. The fourth-order valence-corrected chi connectivity index (χ4v) is 2.11. The second kappa shape index (κ2) is 6.05. The van der Waals surface area contributed by atoms with Crippen LogP contribution in [0.4, 0.5) is 13.2 Å². The first kappa shape index (κ1) is 15.2. The minimum atomic E-state index is -1.55. The number of para-hydroxylation sites is 1. The van der Waals surface area contributed by atoms with Gasteiger partial charge in [0.2, 0.25) is 0 Å². The van der Waals surface area contributed by atoms with Gasteiger partial charge in [0.25, 0.3) is 0 Å². The molecule has 1 atom stereocenters. The first-order chi connectivity index (χ1) is 10.0. The number of nitrogens with two attached hydrogens (primary N) is 1. The van der Waals surface area contributed by atoms with E-state index >= 15 is 0 Å². The molecule has 3 nitrogen and oxygen atoms in total. The molecule has 0 bridgehead atoms. The van der Waals surface area contributed by atoms with Crippen LogP contribution in [0.5, 0.6) is 11.5 Å². The normalized spacial score (nSPS) is 12.1. The van der Waals surface area contributed by atoms with Crippen LogP contribution in [0.1, 0.15) is 17.2 Å². The minimum Gasteiger partial charge on any atom is -0.493 e. The second-order valence-corrected chi connectivity index (χ2v) is 4.32. The summed E-state index contributed by atoms with van der Waals surface area (Å²) in [7, 11) is 2.86. The maximum atomic E-state index is 13.8. The highest BCUT2D eigenvalue weighted by Gasteiger charge is 2.23. The lowest BCUT2D eigenvalue weighted by molar-refractivity contribution is 0.350. The van der Waals surface area contributed by atoms with Crippen LogP contribution in [-0.2, 0) is 0 Å². The van der Waals surface area contributed by atoms with Gasteiger partial charge in [-0.2, -0.15) is 0 Å². The number of ether oxygens (including phenoxy) is 2. The van der Waals surface area contributed by atoms with Gasteiger partial charge in [-0.3, -0.25) is 0 Å². The monoisotopic (exact) mass is 297 g/mol. The van der Waals surface area contributed by atoms with Crippen molar-refractivity contribution in [1.82, 2.24) is 0 Å². The summed E-state index contributed by atoms with van der Waals surface area (Å²) in [6.07, 6.45) is 0. The van der Waals surface area contributed by atoms with Gasteiger partial charge in [-0.25, -0.2) is 13.2 Å². The topological polar surface area (TPSA) is 44.5 Å². The van der Waals surface area contributed by atoms with Gasteiger partial charge in [0, 0.05) is 11.1 Å². The molecule has 0 aliphatic rings. The van der Waals surface area contributed by atoms with Crippen molar-refractivity contribution in [2.75, 3.05) is 14.2 Å². The molecule has 0 radical (unpaired) electrons. The van der Waals surface area contributed by atoms with E-state index in [2.05, 4.69) is 0 Å². The zero-order chi connectivity index (χ0) is 15.6. The van der Waals surface area contributed by atoms with Gasteiger partial charge in [0.1, 0.15) is 0 Å². The van der Waals surface area contributed by atoms with Crippen molar-refractivity contribution in [3.63, 3.8) is 0 Å². The zero-order valence-corrected chi connectivity index (χ0v) is 11.5. The second-order valence-electron chi connectivity index (χ2n) is 4.32. The lowest BCUT2D eigenvalue weighted by Crippen LogP contribution is -2.16. The van der Waals surface area contributed by atoms with E-state index in [9.17, 15) is 13.2 Å². The van der Waals surface area contributed by atoms with E-state index in [1.165, 1.54) is 14.2 Å². The Hall–Kier alpha value is -2.21. The van der Waals surface area contributed by atoms with Crippen molar-refractivity contribution in [2.45, 2.75) is 6.04 Å². The van der Waals surface area contributed by atoms with Crippen molar-refractivity contribution in [3.8, 4) is 11.5 Å². The van der Waals surface area contributed by atoms with Gasteiger partial charge in [-0.05, 0) is 12.1 Å². The van der Waals surface area contributed by atoms with E-state index in [0.717, 1.165) is 12.1 Å². The molecule has 0 saturated carbocycles. The van der Waals surface area contributed by atoms with Crippen LogP contribution in [0.2, 0.25) is 0 Å². The Kier molecular flexibility index (Phi) is 4.37. The van der Waals surface area contributed by atoms with E-state index in [0.29, 0.717) is 17.1 Å². The summed E-state index contributed by atoms with van der Waals surface area (Å²) < 4.78 is 50.5. The van der Waals surface area contributed by atoms with Gasteiger partial charge >= 0.3 is 0 Å².